The van der Waals surface area contributed by atoms with Gasteiger partial charge < -0.3 is 9.84 Å². The van der Waals surface area contributed by atoms with Crippen LogP contribution in [0.3, 0.4) is 0 Å². The van der Waals surface area contributed by atoms with Crippen LogP contribution >= 0.6 is 0 Å². The number of hydrogen-bond donors (Lipinski definition) is 1. The van der Waals surface area contributed by atoms with E-state index in [9.17, 15) is 0 Å². The normalized spacial score (nSPS) is 10.8. The van der Waals surface area contributed by atoms with Gasteiger partial charge in [0.1, 0.15) is 11.6 Å². The van der Waals surface area contributed by atoms with Crippen molar-refractivity contribution < 1.29 is 9.84 Å². The number of rotatable bonds is 4. The maximum absolute atomic E-state index is 9.11. The summed E-state index contributed by atoms with van der Waals surface area (Å²) in [5.41, 5.74) is 1.69. The molecule has 0 radical (unpaired) electrons. The first-order chi connectivity index (χ1) is 9.08. The Morgan fingerprint density at radius 1 is 1.21 bits per heavy atom. The van der Waals surface area contributed by atoms with Crippen molar-refractivity contribution in [1.82, 2.24) is 9.97 Å². The fourth-order valence-corrected chi connectivity index (χ4v) is 1.70. The van der Waals surface area contributed by atoms with Crippen LogP contribution in [0, 0.1) is 6.92 Å². The fourth-order valence-electron chi connectivity index (χ4n) is 1.70. The molecule has 19 heavy (non-hydrogen) atoms. The first-order valence-corrected chi connectivity index (χ1v) is 6.31. The Hall–Kier alpha value is -1.94. The van der Waals surface area contributed by atoms with Crippen LogP contribution in [0.15, 0.2) is 30.3 Å². The van der Waals surface area contributed by atoms with Gasteiger partial charge in [-0.1, -0.05) is 26.0 Å². The van der Waals surface area contributed by atoms with Gasteiger partial charge in [-0.3, -0.25) is 0 Å². The van der Waals surface area contributed by atoms with E-state index in [1.165, 1.54) is 0 Å². The Balaban J connectivity index is 2.27. The van der Waals surface area contributed by atoms with E-state index in [2.05, 4.69) is 9.97 Å². The predicted molar refractivity (Wildman–Crippen MR) is 73.3 cm³/mol. The molecule has 0 aliphatic rings. The van der Waals surface area contributed by atoms with Crippen molar-refractivity contribution in [2.24, 2.45) is 0 Å². The Labute approximate surface area is 113 Å². The van der Waals surface area contributed by atoms with E-state index in [0.717, 1.165) is 17.1 Å². The molecule has 0 amide bonds. The number of hydrogen-bond acceptors (Lipinski definition) is 4. The van der Waals surface area contributed by atoms with E-state index >= 15 is 0 Å². The van der Waals surface area contributed by atoms with Gasteiger partial charge in [0.2, 0.25) is 5.88 Å². The van der Waals surface area contributed by atoms with E-state index in [0.29, 0.717) is 11.6 Å². The van der Waals surface area contributed by atoms with Crippen molar-refractivity contribution in [3.8, 4) is 11.6 Å². The SMILES string of the molecule is Cc1cc(Oc2cccc(CO)c2)nc(C(C)C)n1. The maximum Gasteiger partial charge on any atom is 0.222 e. The van der Waals surface area contributed by atoms with Gasteiger partial charge >= 0.3 is 0 Å². The lowest BCUT2D eigenvalue weighted by Crippen LogP contribution is -2.01. The van der Waals surface area contributed by atoms with Crippen molar-refractivity contribution in [3.63, 3.8) is 0 Å². The summed E-state index contributed by atoms with van der Waals surface area (Å²) in [5.74, 6) is 2.23. The van der Waals surface area contributed by atoms with Crippen molar-refractivity contribution in [2.45, 2.75) is 33.3 Å². The van der Waals surface area contributed by atoms with Crippen LogP contribution in [0.25, 0.3) is 0 Å². The molecule has 100 valence electrons. The molecule has 0 atom stereocenters. The molecule has 0 saturated carbocycles. The second kappa shape index (κ2) is 5.80. The Kier molecular flexibility index (Phi) is 4.12. The van der Waals surface area contributed by atoms with Gasteiger partial charge in [0.25, 0.3) is 0 Å². The molecule has 0 spiro atoms. The zero-order chi connectivity index (χ0) is 13.8. The first-order valence-electron chi connectivity index (χ1n) is 6.31. The molecule has 1 heterocycles. The van der Waals surface area contributed by atoms with Gasteiger partial charge in [0, 0.05) is 17.7 Å². The summed E-state index contributed by atoms with van der Waals surface area (Å²) in [5, 5.41) is 9.11. The van der Waals surface area contributed by atoms with Crippen LogP contribution in [0.5, 0.6) is 11.6 Å². The minimum absolute atomic E-state index is 0.00273. The molecule has 0 unspecified atom stereocenters. The predicted octanol–water partition coefficient (Wildman–Crippen LogP) is 3.19. The van der Waals surface area contributed by atoms with Crippen molar-refractivity contribution in [1.29, 1.82) is 0 Å². The van der Waals surface area contributed by atoms with Gasteiger partial charge in [-0.25, -0.2) is 4.98 Å². The number of aliphatic hydroxyl groups is 1. The average molecular weight is 258 g/mol. The number of nitrogens with zero attached hydrogens (tertiary/aromatic N) is 2. The highest BCUT2D eigenvalue weighted by Gasteiger charge is 2.08. The van der Waals surface area contributed by atoms with Crippen molar-refractivity contribution >= 4 is 0 Å². The first kappa shape index (κ1) is 13.5. The third kappa shape index (κ3) is 3.51. The topological polar surface area (TPSA) is 55.2 Å². The zero-order valence-electron chi connectivity index (χ0n) is 11.4. The molecule has 1 N–H and O–H groups in total. The van der Waals surface area contributed by atoms with Crippen LogP contribution in [0.2, 0.25) is 0 Å². The molecule has 2 aromatic rings. The van der Waals surface area contributed by atoms with E-state index < -0.39 is 0 Å². The molecular formula is C15H18N2O2. The minimum Gasteiger partial charge on any atom is -0.439 e. The number of aromatic nitrogens is 2. The molecular weight excluding hydrogens is 240 g/mol. The smallest absolute Gasteiger partial charge is 0.222 e. The number of aliphatic hydroxyl groups excluding tert-OH is 1. The number of ether oxygens (including phenoxy) is 1. The average Bonchev–Trinajstić information content (AvgIpc) is 2.38. The summed E-state index contributed by atoms with van der Waals surface area (Å²) in [6.45, 7) is 6.01. The van der Waals surface area contributed by atoms with Gasteiger partial charge in [0.15, 0.2) is 0 Å². The van der Waals surface area contributed by atoms with E-state index in [-0.39, 0.29) is 12.5 Å². The summed E-state index contributed by atoms with van der Waals surface area (Å²) in [6, 6.07) is 9.13. The lowest BCUT2D eigenvalue weighted by Gasteiger charge is -2.10. The number of benzene rings is 1. The third-order valence-electron chi connectivity index (χ3n) is 2.67. The van der Waals surface area contributed by atoms with Crippen molar-refractivity contribution in [2.75, 3.05) is 0 Å². The molecule has 2 rings (SSSR count). The molecule has 4 heteroatoms. The Morgan fingerprint density at radius 3 is 2.68 bits per heavy atom. The second-order valence-corrected chi connectivity index (χ2v) is 4.77. The van der Waals surface area contributed by atoms with Crippen LogP contribution in [0.4, 0.5) is 0 Å². The quantitative estimate of drug-likeness (QED) is 0.915. The summed E-state index contributed by atoms with van der Waals surface area (Å²) in [7, 11) is 0. The Bertz CT molecular complexity index is 568. The van der Waals surface area contributed by atoms with E-state index in [1.54, 1.807) is 12.1 Å². The summed E-state index contributed by atoms with van der Waals surface area (Å²) < 4.78 is 5.73. The summed E-state index contributed by atoms with van der Waals surface area (Å²) >= 11 is 0. The molecule has 0 saturated heterocycles. The highest BCUT2D eigenvalue weighted by atomic mass is 16.5. The van der Waals surface area contributed by atoms with Gasteiger partial charge in [-0.2, -0.15) is 4.98 Å². The summed E-state index contributed by atoms with van der Waals surface area (Å²) in [4.78, 5) is 8.77. The van der Waals surface area contributed by atoms with Crippen LogP contribution in [0.1, 0.15) is 36.8 Å². The van der Waals surface area contributed by atoms with E-state index in [4.69, 9.17) is 9.84 Å². The lowest BCUT2D eigenvalue weighted by molar-refractivity contribution is 0.281. The molecule has 4 nitrogen and oxygen atoms in total. The molecule has 0 aliphatic heterocycles. The molecule has 1 aromatic carbocycles. The lowest BCUT2D eigenvalue weighted by atomic mass is 10.2. The molecule has 0 aliphatic carbocycles. The molecule has 0 fully saturated rings. The monoisotopic (exact) mass is 258 g/mol. The van der Waals surface area contributed by atoms with Crippen LogP contribution in [-0.4, -0.2) is 15.1 Å². The minimum atomic E-state index is -0.00273. The molecule has 1 aromatic heterocycles. The van der Waals surface area contributed by atoms with Crippen LogP contribution < -0.4 is 4.74 Å². The fraction of sp³-hybridized carbons (Fsp3) is 0.333. The number of aryl methyl sites for hydroxylation is 1. The standard InChI is InChI=1S/C15H18N2O2/c1-10(2)15-16-11(3)7-14(17-15)19-13-6-4-5-12(8-13)9-18/h4-8,10,18H,9H2,1-3H3. The zero-order valence-corrected chi connectivity index (χ0v) is 11.4. The second-order valence-electron chi connectivity index (χ2n) is 4.77. The molecule has 0 bridgehead atoms. The van der Waals surface area contributed by atoms with E-state index in [1.807, 2.05) is 39.0 Å². The Morgan fingerprint density at radius 2 is 2.00 bits per heavy atom. The van der Waals surface area contributed by atoms with Gasteiger partial charge in [-0.05, 0) is 24.6 Å². The highest BCUT2D eigenvalue weighted by Crippen LogP contribution is 2.22. The van der Waals surface area contributed by atoms with Crippen LogP contribution in [-0.2, 0) is 6.61 Å². The maximum atomic E-state index is 9.11. The highest BCUT2D eigenvalue weighted by molar-refractivity contribution is 5.31. The summed E-state index contributed by atoms with van der Waals surface area (Å²) in [6.07, 6.45) is 0. The largest absolute Gasteiger partial charge is 0.439 e. The van der Waals surface area contributed by atoms with Crippen molar-refractivity contribution in [3.05, 3.63) is 47.4 Å². The van der Waals surface area contributed by atoms with Gasteiger partial charge in [0.05, 0.1) is 6.61 Å². The van der Waals surface area contributed by atoms with Gasteiger partial charge in [-0.15, -0.1) is 0 Å². The third-order valence-corrected chi connectivity index (χ3v) is 2.67.